The first-order chi connectivity index (χ1) is 18.0. The van der Waals surface area contributed by atoms with Crippen molar-refractivity contribution >= 4 is 40.2 Å². The Morgan fingerprint density at radius 2 is 1.76 bits per heavy atom. The first-order valence-electron chi connectivity index (χ1n) is 11.2. The number of fused-ring (bicyclic) bond motifs is 1. The van der Waals surface area contributed by atoms with Crippen LogP contribution < -0.4 is 5.32 Å². The van der Waals surface area contributed by atoms with Crippen LogP contribution in [-0.4, -0.2) is 32.2 Å². The minimum Gasteiger partial charge on any atom is -0.478 e. The Labute approximate surface area is 219 Å². The van der Waals surface area contributed by atoms with E-state index in [9.17, 15) is 33.1 Å². The van der Waals surface area contributed by atoms with Gasteiger partial charge in [-0.15, -0.1) is 0 Å². The normalized spacial score (nSPS) is 12.1. The molecule has 2 aromatic carbocycles. The maximum absolute atomic E-state index is 13.2. The van der Waals surface area contributed by atoms with E-state index in [1.54, 1.807) is 48.5 Å². The molecule has 2 aromatic heterocycles. The number of rotatable bonds is 6. The summed E-state index contributed by atoms with van der Waals surface area (Å²) >= 11 is 0.761. The van der Waals surface area contributed by atoms with E-state index >= 15 is 0 Å². The van der Waals surface area contributed by atoms with Crippen molar-refractivity contribution in [2.45, 2.75) is 30.3 Å². The molecule has 0 bridgehead atoms. The number of aromatic nitrogens is 2. The quantitative estimate of drug-likeness (QED) is 0.277. The van der Waals surface area contributed by atoms with Crippen molar-refractivity contribution in [1.29, 1.82) is 5.26 Å². The summed E-state index contributed by atoms with van der Waals surface area (Å²) < 4.78 is 39.6. The summed E-state index contributed by atoms with van der Waals surface area (Å²) in [7, 11) is 0. The molecule has 38 heavy (non-hydrogen) atoms. The molecule has 1 amide bonds. The van der Waals surface area contributed by atoms with Crippen LogP contribution in [0, 0.1) is 18.3 Å². The van der Waals surface area contributed by atoms with Gasteiger partial charge in [-0.05, 0) is 49.7 Å². The standard InChI is InChI=1S/C27H19F3N4O3S/c1-14-11-23(27(28,29)30)34-25(20(14)13-31)38-15(2)24(35)32-17-9-7-16(8-10-17)22-12-19(26(36)37)18-5-3-4-6-21(18)33-22/h3-12,15H,1-2H3,(H,32,35)(H,36,37). The van der Waals surface area contributed by atoms with E-state index in [2.05, 4.69) is 15.3 Å². The molecule has 0 spiro atoms. The summed E-state index contributed by atoms with van der Waals surface area (Å²) in [6.45, 7) is 2.88. The van der Waals surface area contributed by atoms with Crippen LogP contribution in [0.5, 0.6) is 0 Å². The van der Waals surface area contributed by atoms with Crippen LogP contribution >= 0.6 is 11.8 Å². The number of aryl methyl sites for hydroxylation is 1. The van der Waals surface area contributed by atoms with E-state index in [0.717, 1.165) is 17.8 Å². The molecular formula is C27H19F3N4O3S. The number of para-hydroxylation sites is 1. The van der Waals surface area contributed by atoms with E-state index in [-0.39, 0.29) is 21.7 Å². The number of nitrogens with zero attached hydrogens (tertiary/aromatic N) is 3. The molecule has 0 radical (unpaired) electrons. The molecule has 2 heterocycles. The van der Waals surface area contributed by atoms with Gasteiger partial charge in [0.25, 0.3) is 0 Å². The van der Waals surface area contributed by atoms with E-state index in [1.807, 2.05) is 6.07 Å². The molecule has 0 aliphatic heterocycles. The average Bonchev–Trinajstić information content (AvgIpc) is 2.87. The molecule has 0 saturated carbocycles. The number of nitriles is 1. The van der Waals surface area contributed by atoms with Gasteiger partial charge in [-0.1, -0.05) is 42.1 Å². The Morgan fingerprint density at radius 1 is 1.08 bits per heavy atom. The first kappa shape index (κ1) is 26.6. The largest absolute Gasteiger partial charge is 0.478 e. The van der Waals surface area contributed by atoms with E-state index in [0.29, 0.717) is 27.8 Å². The van der Waals surface area contributed by atoms with Crippen molar-refractivity contribution in [2.75, 3.05) is 5.32 Å². The third-order valence-corrected chi connectivity index (χ3v) is 6.72. The SMILES string of the molecule is Cc1cc(C(F)(F)F)nc(SC(C)C(=O)Nc2ccc(-c3cc(C(=O)O)c4ccccc4n3)cc2)c1C#N. The molecule has 0 aliphatic carbocycles. The van der Waals surface area contributed by atoms with Gasteiger partial charge in [0.1, 0.15) is 16.8 Å². The topological polar surface area (TPSA) is 116 Å². The Kier molecular flexibility index (Phi) is 7.37. The first-order valence-corrected chi connectivity index (χ1v) is 12.1. The fourth-order valence-corrected chi connectivity index (χ4v) is 4.68. The number of alkyl halides is 3. The number of nitrogens with one attached hydrogen (secondary N) is 1. The van der Waals surface area contributed by atoms with Crippen LogP contribution in [0.2, 0.25) is 0 Å². The minimum atomic E-state index is -4.69. The lowest BCUT2D eigenvalue weighted by Crippen LogP contribution is -2.23. The number of anilines is 1. The van der Waals surface area contributed by atoms with Crippen LogP contribution in [-0.2, 0) is 11.0 Å². The summed E-state index contributed by atoms with van der Waals surface area (Å²) in [5.74, 6) is -1.58. The predicted molar refractivity (Wildman–Crippen MR) is 137 cm³/mol. The zero-order chi connectivity index (χ0) is 27.6. The Hall–Kier alpha value is -4.43. The molecule has 0 aliphatic rings. The zero-order valence-corrected chi connectivity index (χ0v) is 20.8. The molecule has 4 rings (SSSR count). The van der Waals surface area contributed by atoms with Gasteiger partial charge in [0.05, 0.1) is 27.6 Å². The van der Waals surface area contributed by atoms with Crippen LogP contribution in [0.15, 0.2) is 65.7 Å². The molecule has 4 aromatic rings. The number of hydrogen-bond acceptors (Lipinski definition) is 6. The minimum absolute atomic E-state index is 0.0179. The van der Waals surface area contributed by atoms with E-state index in [4.69, 9.17) is 0 Å². The lowest BCUT2D eigenvalue weighted by Gasteiger charge is -2.15. The monoisotopic (exact) mass is 536 g/mol. The molecule has 0 fully saturated rings. The summed E-state index contributed by atoms with van der Waals surface area (Å²) in [5, 5.41) is 21.2. The number of benzene rings is 2. The maximum Gasteiger partial charge on any atom is 0.433 e. The third-order valence-electron chi connectivity index (χ3n) is 5.64. The molecule has 11 heteroatoms. The maximum atomic E-state index is 13.2. The van der Waals surface area contributed by atoms with E-state index in [1.165, 1.54) is 19.9 Å². The third kappa shape index (κ3) is 5.60. The smallest absolute Gasteiger partial charge is 0.433 e. The summed E-state index contributed by atoms with van der Waals surface area (Å²) in [5.41, 5.74) is 1.10. The van der Waals surface area contributed by atoms with Crippen molar-refractivity contribution in [3.05, 3.63) is 83.0 Å². The lowest BCUT2D eigenvalue weighted by molar-refractivity contribution is -0.141. The Morgan fingerprint density at radius 3 is 2.39 bits per heavy atom. The van der Waals surface area contributed by atoms with Crippen LogP contribution in [0.4, 0.5) is 18.9 Å². The molecule has 0 saturated heterocycles. The average molecular weight is 537 g/mol. The summed E-state index contributed by atoms with van der Waals surface area (Å²) in [4.78, 5) is 32.6. The van der Waals surface area contributed by atoms with Crippen molar-refractivity contribution in [1.82, 2.24) is 9.97 Å². The Balaban J connectivity index is 1.53. The number of hydrogen-bond donors (Lipinski definition) is 2. The predicted octanol–water partition coefficient (Wildman–Crippen LogP) is 6.31. The van der Waals surface area contributed by atoms with Gasteiger partial charge >= 0.3 is 12.1 Å². The van der Waals surface area contributed by atoms with Crippen molar-refractivity contribution in [3.8, 4) is 17.3 Å². The Bertz CT molecular complexity index is 1600. The molecule has 7 nitrogen and oxygen atoms in total. The number of aromatic carboxylic acids is 1. The second kappa shape index (κ2) is 10.5. The fraction of sp³-hybridized carbons (Fsp3) is 0.148. The second-order valence-corrected chi connectivity index (χ2v) is 9.65. The van der Waals surface area contributed by atoms with Gasteiger partial charge < -0.3 is 10.4 Å². The number of carbonyl (C=O) groups excluding carboxylic acids is 1. The molecular weight excluding hydrogens is 517 g/mol. The fourth-order valence-electron chi connectivity index (χ4n) is 3.70. The molecule has 1 unspecified atom stereocenters. The van der Waals surface area contributed by atoms with Gasteiger partial charge in [0, 0.05) is 16.6 Å². The number of carboxylic acids is 1. The van der Waals surface area contributed by atoms with Gasteiger partial charge in [-0.2, -0.15) is 18.4 Å². The number of pyridine rings is 2. The highest BCUT2D eigenvalue weighted by Crippen LogP contribution is 2.34. The summed E-state index contributed by atoms with van der Waals surface area (Å²) in [6, 6.07) is 17.6. The number of carboxylic acid groups (broad SMARTS) is 1. The summed E-state index contributed by atoms with van der Waals surface area (Å²) in [6.07, 6.45) is -4.69. The highest BCUT2D eigenvalue weighted by atomic mass is 32.2. The molecule has 1 atom stereocenters. The number of thioether (sulfide) groups is 1. The van der Waals surface area contributed by atoms with Crippen molar-refractivity contribution < 1.29 is 27.9 Å². The number of amides is 1. The zero-order valence-electron chi connectivity index (χ0n) is 20.0. The molecule has 192 valence electrons. The van der Waals surface area contributed by atoms with Gasteiger partial charge in [0.2, 0.25) is 5.91 Å². The van der Waals surface area contributed by atoms with Crippen LogP contribution in [0.3, 0.4) is 0 Å². The number of halogens is 3. The highest BCUT2D eigenvalue weighted by Gasteiger charge is 2.34. The second-order valence-electron chi connectivity index (χ2n) is 8.32. The molecule has 2 N–H and O–H groups in total. The lowest BCUT2D eigenvalue weighted by atomic mass is 10.0. The highest BCUT2D eigenvalue weighted by molar-refractivity contribution is 8.00. The van der Waals surface area contributed by atoms with Crippen LogP contribution in [0.1, 0.15) is 34.1 Å². The van der Waals surface area contributed by atoms with Gasteiger partial charge in [0.15, 0.2) is 0 Å². The van der Waals surface area contributed by atoms with Gasteiger partial charge in [-0.3, -0.25) is 4.79 Å². The number of carbonyl (C=O) groups is 2. The van der Waals surface area contributed by atoms with Crippen molar-refractivity contribution in [3.63, 3.8) is 0 Å². The van der Waals surface area contributed by atoms with Crippen molar-refractivity contribution in [2.24, 2.45) is 0 Å². The van der Waals surface area contributed by atoms with E-state index < -0.39 is 29.0 Å². The van der Waals surface area contributed by atoms with Crippen LogP contribution in [0.25, 0.3) is 22.2 Å². The van der Waals surface area contributed by atoms with Gasteiger partial charge in [-0.25, -0.2) is 14.8 Å².